The first-order valence-electron chi connectivity index (χ1n) is 8.87. The first-order chi connectivity index (χ1) is 12.7. The second-order valence-electron chi connectivity index (χ2n) is 6.31. The van der Waals surface area contributed by atoms with Gasteiger partial charge in [0.15, 0.2) is 0 Å². The van der Waals surface area contributed by atoms with Gasteiger partial charge in [-0.05, 0) is 35.4 Å². The van der Waals surface area contributed by atoms with E-state index in [2.05, 4.69) is 22.3 Å². The van der Waals surface area contributed by atoms with E-state index in [-0.39, 0.29) is 0 Å². The van der Waals surface area contributed by atoms with Crippen molar-refractivity contribution in [2.75, 3.05) is 39.4 Å². The molecule has 1 aliphatic rings. The van der Waals surface area contributed by atoms with Gasteiger partial charge in [-0.2, -0.15) is 0 Å². The molecule has 0 spiro atoms. The predicted octanol–water partition coefficient (Wildman–Crippen LogP) is 3.99. The average molecular weight is 395 g/mol. The number of nitrogens with zero attached hydrogens (tertiary/aromatic N) is 1. The number of nitrogens with one attached hydrogen (secondary N) is 1. The summed E-state index contributed by atoms with van der Waals surface area (Å²) in [7, 11) is 0. The van der Waals surface area contributed by atoms with E-state index in [1.807, 2.05) is 24.3 Å². The molecule has 2 aromatic rings. The van der Waals surface area contributed by atoms with E-state index in [9.17, 15) is 0 Å². The Balaban J connectivity index is 1.38. The van der Waals surface area contributed by atoms with Gasteiger partial charge in [-0.15, -0.1) is 0 Å². The smallest absolute Gasteiger partial charge is 0.119 e. The molecular weight excluding hydrogens is 371 g/mol. The molecule has 0 unspecified atom stereocenters. The normalized spacial score (nSPS) is 15.2. The molecule has 3 rings (SSSR count). The van der Waals surface area contributed by atoms with Gasteiger partial charge >= 0.3 is 0 Å². The fourth-order valence-electron chi connectivity index (χ4n) is 2.79. The van der Waals surface area contributed by atoms with E-state index in [0.29, 0.717) is 16.7 Å². The molecule has 1 N–H and O–H groups in total. The van der Waals surface area contributed by atoms with Crippen LogP contribution in [-0.4, -0.2) is 44.3 Å². The zero-order valence-electron chi connectivity index (χ0n) is 14.7. The summed E-state index contributed by atoms with van der Waals surface area (Å²) in [5, 5.41) is 4.59. The van der Waals surface area contributed by atoms with Crippen molar-refractivity contribution in [1.29, 1.82) is 0 Å². The van der Waals surface area contributed by atoms with E-state index < -0.39 is 0 Å². The Kier molecular flexibility index (Phi) is 7.59. The van der Waals surface area contributed by atoms with Crippen molar-refractivity contribution in [2.45, 2.75) is 13.2 Å². The van der Waals surface area contributed by atoms with Crippen LogP contribution in [0.5, 0.6) is 5.75 Å². The van der Waals surface area contributed by atoms with Crippen molar-refractivity contribution in [3.8, 4) is 5.75 Å². The van der Waals surface area contributed by atoms with Gasteiger partial charge in [0, 0.05) is 32.7 Å². The van der Waals surface area contributed by atoms with Crippen LogP contribution in [0.15, 0.2) is 42.5 Å². The molecule has 0 amide bonds. The highest BCUT2D eigenvalue weighted by Crippen LogP contribution is 2.23. The Labute approximate surface area is 165 Å². The number of ether oxygens (including phenoxy) is 2. The molecule has 1 heterocycles. The van der Waals surface area contributed by atoms with Gasteiger partial charge in [0.2, 0.25) is 0 Å². The topological polar surface area (TPSA) is 33.7 Å². The highest BCUT2D eigenvalue weighted by molar-refractivity contribution is 6.42. The Morgan fingerprint density at radius 2 is 1.69 bits per heavy atom. The van der Waals surface area contributed by atoms with Gasteiger partial charge in [-0.3, -0.25) is 4.90 Å². The third kappa shape index (κ3) is 6.15. The molecule has 2 aromatic carbocycles. The first-order valence-corrected chi connectivity index (χ1v) is 9.63. The summed E-state index contributed by atoms with van der Waals surface area (Å²) in [5.41, 5.74) is 2.24. The molecule has 1 aliphatic heterocycles. The quantitative estimate of drug-likeness (QED) is 0.686. The molecule has 6 heteroatoms. The maximum Gasteiger partial charge on any atom is 0.119 e. The lowest BCUT2D eigenvalue weighted by Gasteiger charge is -2.26. The van der Waals surface area contributed by atoms with E-state index in [1.165, 1.54) is 5.56 Å². The van der Waals surface area contributed by atoms with Crippen LogP contribution in [0.25, 0.3) is 0 Å². The van der Waals surface area contributed by atoms with E-state index in [1.54, 1.807) is 6.07 Å². The van der Waals surface area contributed by atoms with Crippen LogP contribution >= 0.6 is 23.2 Å². The van der Waals surface area contributed by atoms with Crippen molar-refractivity contribution in [2.24, 2.45) is 0 Å². The van der Waals surface area contributed by atoms with Gasteiger partial charge in [-0.25, -0.2) is 0 Å². The van der Waals surface area contributed by atoms with Gasteiger partial charge in [0.05, 0.1) is 23.3 Å². The fraction of sp³-hybridized carbons (Fsp3) is 0.400. The second kappa shape index (κ2) is 10.1. The van der Waals surface area contributed by atoms with Gasteiger partial charge in [0.1, 0.15) is 12.4 Å². The highest BCUT2D eigenvalue weighted by Gasteiger charge is 2.09. The molecule has 4 nitrogen and oxygen atoms in total. The number of morpholine rings is 1. The van der Waals surface area contributed by atoms with Crippen LogP contribution in [0.3, 0.4) is 0 Å². The third-order valence-electron chi connectivity index (χ3n) is 4.35. The Morgan fingerprint density at radius 3 is 2.42 bits per heavy atom. The summed E-state index contributed by atoms with van der Waals surface area (Å²) < 4.78 is 11.2. The zero-order chi connectivity index (χ0) is 18.2. The van der Waals surface area contributed by atoms with Crippen molar-refractivity contribution in [1.82, 2.24) is 10.2 Å². The van der Waals surface area contributed by atoms with Crippen molar-refractivity contribution >= 4 is 23.2 Å². The number of rotatable bonds is 8. The SMILES string of the molecule is Clc1ccc(COc2ccc(CNCCN3CCOCC3)cc2)cc1Cl. The second-order valence-corrected chi connectivity index (χ2v) is 7.13. The van der Waals surface area contributed by atoms with Crippen LogP contribution in [0.1, 0.15) is 11.1 Å². The lowest BCUT2D eigenvalue weighted by molar-refractivity contribution is 0.0384. The van der Waals surface area contributed by atoms with Crippen LogP contribution < -0.4 is 10.1 Å². The lowest BCUT2D eigenvalue weighted by Crippen LogP contribution is -2.40. The predicted molar refractivity (Wildman–Crippen MR) is 106 cm³/mol. The summed E-state index contributed by atoms with van der Waals surface area (Å²) >= 11 is 11.9. The summed E-state index contributed by atoms with van der Waals surface area (Å²) in [6.45, 7) is 7.14. The number of hydrogen-bond donors (Lipinski definition) is 1. The summed E-state index contributed by atoms with van der Waals surface area (Å²) in [6.07, 6.45) is 0. The summed E-state index contributed by atoms with van der Waals surface area (Å²) in [6, 6.07) is 13.7. The van der Waals surface area contributed by atoms with Crippen LogP contribution in [0, 0.1) is 0 Å². The standard InChI is InChI=1S/C20H24Cl2N2O2/c21-19-6-3-17(13-20(19)22)15-26-18-4-1-16(2-5-18)14-23-7-8-24-9-11-25-12-10-24/h1-6,13,23H,7-12,14-15H2. The minimum absolute atomic E-state index is 0.466. The fourth-order valence-corrected chi connectivity index (χ4v) is 3.11. The number of benzene rings is 2. The van der Waals surface area contributed by atoms with Crippen LogP contribution in [0.2, 0.25) is 10.0 Å². The van der Waals surface area contributed by atoms with Gasteiger partial charge < -0.3 is 14.8 Å². The van der Waals surface area contributed by atoms with E-state index >= 15 is 0 Å². The molecule has 0 aromatic heterocycles. The molecule has 0 bridgehead atoms. The largest absolute Gasteiger partial charge is 0.489 e. The van der Waals surface area contributed by atoms with Crippen molar-refractivity contribution < 1.29 is 9.47 Å². The molecular formula is C20H24Cl2N2O2. The van der Waals surface area contributed by atoms with E-state index in [0.717, 1.165) is 57.3 Å². The highest BCUT2D eigenvalue weighted by atomic mass is 35.5. The molecule has 0 radical (unpaired) electrons. The number of halogens is 2. The molecule has 0 atom stereocenters. The number of hydrogen-bond acceptors (Lipinski definition) is 4. The molecule has 0 saturated carbocycles. The lowest BCUT2D eigenvalue weighted by atomic mass is 10.2. The third-order valence-corrected chi connectivity index (χ3v) is 5.09. The maximum atomic E-state index is 6.02. The molecule has 140 valence electrons. The first kappa shape index (κ1) is 19.5. The van der Waals surface area contributed by atoms with Gasteiger partial charge in [-0.1, -0.05) is 41.4 Å². The molecule has 26 heavy (non-hydrogen) atoms. The Bertz CT molecular complexity index is 689. The molecule has 1 saturated heterocycles. The average Bonchev–Trinajstić information content (AvgIpc) is 2.68. The van der Waals surface area contributed by atoms with Crippen molar-refractivity contribution in [3.63, 3.8) is 0 Å². The maximum absolute atomic E-state index is 6.02. The zero-order valence-corrected chi connectivity index (χ0v) is 16.2. The minimum atomic E-state index is 0.466. The minimum Gasteiger partial charge on any atom is -0.489 e. The monoisotopic (exact) mass is 394 g/mol. The Hall–Kier alpha value is -1.30. The van der Waals surface area contributed by atoms with Crippen molar-refractivity contribution in [3.05, 3.63) is 63.6 Å². The molecule has 0 aliphatic carbocycles. The molecule has 1 fully saturated rings. The van der Waals surface area contributed by atoms with Gasteiger partial charge in [0.25, 0.3) is 0 Å². The van der Waals surface area contributed by atoms with Crippen LogP contribution in [-0.2, 0) is 17.9 Å². The summed E-state index contributed by atoms with van der Waals surface area (Å²) in [4.78, 5) is 2.43. The van der Waals surface area contributed by atoms with E-state index in [4.69, 9.17) is 32.7 Å². The van der Waals surface area contributed by atoms with Crippen LogP contribution in [0.4, 0.5) is 0 Å². The summed E-state index contributed by atoms with van der Waals surface area (Å²) in [5.74, 6) is 0.841. The Morgan fingerprint density at radius 1 is 0.962 bits per heavy atom.